The molecule has 8 heteroatoms. The third-order valence-electron chi connectivity index (χ3n) is 4.94. The maximum absolute atomic E-state index is 12.8. The van der Waals surface area contributed by atoms with E-state index < -0.39 is 27.9 Å². The largest absolute Gasteiger partial charge is 0.493 e. The second-order valence-corrected chi connectivity index (χ2v) is 8.90. The number of para-hydroxylation sites is 1. The molecule has 2 amide bonds. The number of fused-ring (bicyclic) bond motifs is 2. The molecule has 2 heterocycles. The van der Waals surface area contributed by atoms with Gasteiger partial charge in [-0.25, -0.2) is 12.7 Å². The lowest BCUT2D eigenvalue weighted by Crippen LogP contribution is -2.36. The summed E-state index contributed by atoms with van der Waals surface area (Å²) in [6.07, 6.45) is 0.617. The number of rotatable bonds is 3. The van der Waals surface area contributed by atoms with Crippen molar-refractivity contribution in [2.75, 3.05) is 6.61 Å². The summed E-state index contributed by atoms with van der Waals surface area (Å²) in [6, 6.07) is 10.9. The van der Waals surface area contributed by atoms with Gasteiger partial charge in [0.25, 0.3) is 21.8 Å². The summed E-state index contributed by atoms with van der Waals surface area (Å²) >= 11 is 0. The number of sulfonamides is 1. The predicted octanol–water partition coefficient (Wildman–Crippen LogP) is 2.49. The second kappa shape index (κ2) is 6.63. The number of hydrogen-bond donors (Lipinski definition) is 1. The summed E-state index contributed by atoms with van der Waals surface area (Å²) in [4.78, 5) is 25.1. The van der Waals surface area contributed by atoms with Crippen LogP contribution in [0.15, 0.2) is 47.4 Å². The average Bonchev–Trinajstić information content (AvgIpc) is 2.87. The molecule has 0 spiro atoms. The van der Waals surface area contributed by atoms with Crippen molar-refractivity contribution in [1.29, 1.82) is 0 Å². The van der Waals surface area contributed by atoms with Gasteiger partial charge in [-0.3, -0.25) is 9.59 Å². The fourth-order valence-corrected chi connectivity index (χ4v) is 5.43. The van der Waals surface area contributed by atoms with Crippen molar-refractivity contribution in [1.82, 2.24) is 9.62 Å². The molecule has 0 aliphatic carbocycles. The molecule has 2 aliphatic heterocycles. The highest BCUT2D eigenvalue weighted by molar-refractivity contribution is 7.90. The van der Waals surface area contributed by atoms with Crippen LogP contribution in [0.2, 0.25) is 0 Å². The molecule has 28 heavy (non-hydrogen) atoms. The van der Waals surface area contributed by atoms with Gasteiger partial charge in [0.15, 0.2) is 0 Å². The Bertz CT molecular complexity index is 1080. The maximum Gasteiger partial charge on any atom is 0.269 e. The van der Waals surface area contributed by atoms with E-state index in [9.17, 15) is 18.0 Å². The van der Waals surface area contributed by atoms with Crippen molar-refractivity contribution in [2.45, 2.75) is 37.2 Å². The van der Waals surface area contributed by atoms with Crippen molar-refractivity contribution in [3.8, 4) is 5.75 Å². The lowest BCUT2D eigenvalue weighted by molar-refractivity contribution is 0.0844. The predicted molar refractivity (Wildman–Crippen MR) is 102 cm³/mol. The minimum Gasteiger partial charge on any atom is -0.493 e. The molecule has 2 aliphatic rings. The van der Waals surface area contributed by atoms with Gasteiger partial charge in [0.1, 0.15) is 10.6 Å². The van der Waals surface area contributed by atoms with Crippen LogP contribution in [-0.2, 0) is 10.0 Å². The van der Waals surface area contributed by atoms with Gasteiger partial charge in [-0.1, -0.05) is 18.2 Å². The third-order valence-corrected chi connectivity index (χ3v) is 6.94. The first-order valence-electron chi connectivity index (χ1n) is 9.06. The van der Waals surface area contributed by atoms with E-state index >= 15 is 0 Å². The Kier molecular flexibility index (Phi) is 4.38. The van der Waals surface area contributed by atoms with Crippen LogP contribution in [-0.4, -0.2) is 37.2 Å². The van der Waals surface area contributed by atoms with Gasteiger partial charge in [-0.05, 0) is 38.1 Å². The number of hydrogen-bond acceptors (Lipinski definition) is 5. The van der Waals surface area contributed by atoms with Crippen LogP contribution in [0.1, 0.15) is 52.6 Å². The van der Waals surface area contributed by atoms with Gasteiger partial charge < -0.3 is 10.1 Å². The first-order chi connectivity index (χ1) is 13.3. The molecular weight excluding hydrogens is 380 g/mol. The van der Waals surface area contributed by atoms with Gasteiger partial charge in [-0.2, -0.15) is 0 Å². The monoisotopic (exact) mass is 400 g/mol. The quantitative estimate of drug-likeness (QED) is 0.855. The fraction of sp³-hybridized carbons (Fsp3) is 0.300. The minimum absolute atomic E-state index is 0.0988. The zero-order valence-electron chi connectivity index (χ0n) is 15.5. The highest BCUT2D eigenvalue weighted by atomic mass is 32.2. The third kappa shape index (κ3) is 2.84. The van der Waals surface area contributed by atoms with Crippen LogP contribution < -0.4 is 10.1 Å². The van der Waals surface area contributed by atoms with E-state index in [2.05, 4.69) is 5.32 Å². The number of carbonyl (C=O) groups excluding carboxylic acids is 2. The Morgan fingerprint density at radius 2 is 1.96 bits per heavy atom. The Labute approximate surface area is 163 Å². The molecule has 0 saturated heterocycles. The number of nitrogens with one attached hydrogen (secondary N) is 1. The maximum atomic E-state index is 12.8. The second-order valence-electron chi connectivity index (χ2n) is 7.11. The van der Waals surface area contributed by atoms with Gasteiger partial charge >= 0.3 is 0 Å². The van der Waals surface area contributed by atoms with Crippen molar-refractivity contribution in [3.63, 3.8) is 0 Å². The SMILES string of the molecule is CC(C)N1C(=O)c2ccc(C(=O)NC3CCOc4ccccc43)cc2S1(=O)=O. The summed E-state index contributed by atoms with van der Waals surface area (Å²) in [5.41, 5.74) is 1.18. The van der Waals surface area contributed by atoms with Crippen molar-refractivity contribution in [3.05, 3.63) is 59.2 Å². The van der Waals surface area contributed by atoms with Crippen LogP contribution in [0.25, 0.3) is 0 Å². The summed E-state index contributed by atoms with van der Waals surface area (Å²) in [7, 11) is -3.95. The molecule has 0 radical (unpaired) electrons. The van der Waals surface area contributed by atoms with Crippen LogP contribution in [0, 0.1) is 0 Å². The molecule has 2 aromatic carbocycles. The topological polar surface area (TPSA) is 92.8 Å². The molecule has 7 nitrogen and oxygen atoms in total. The molecule has 1 unspecified atom stereocenters. The summed E-state index contributed by atoms with van der Waals surface area (Å²) in [6.45, 7) is 3.76. The van der Waals surface area contributed by atoms with E-state index in [1.165, 1.54) is 18.2 Å². The van der Waals surface area contributed by atoms with E-state index in [0.717, 1.165) is 15.6 Å². The standard InChI is InChI=1S/C20H20N2O5S/c1-12(2)22-20(24)15-8-7-13(11-18(15)28(22,25)26)19(23)21-16-9-10-27-17-6-4-3-5-14(16)17/h3-8,11-12,16H,9-10H2,1-2H3,(H,21,23). The van der Waals surface area contributed by atoms with Crippen LogP contribution >= 0.6 is 0 Å². The summed E-state index contributed by atoms with van der Waals surface area (Å²) in [5, 5.41) is 2.94. The van der Waals surface area contributed by atoms with E-state index in [0.29, 0.717) is 13.0 Å². The first-order valence-corrected chi connectivity index (χ1v) is 10.5. The first kappa shape index (κ1) is 18.5. The lowest BCUT2D eigenvalue weighted by Gasteiger charge is -2.26. The molecule has 4 rings (SSSR count). The van der Waals surface area contributed by atoms with Gasteiger partial charge in [0.2, 0.25) is 0 Å². The highest BCUT2D eigenvalue weighted by Gasteiger charge is 2.43. The smallest absolute Gasteiger partial charge is 0.269 e. The van der Waals surface area contributed by atoms with Crippen LogP contribution in [0.3, 0.4) is 0 Å². The number of nitrogens with zero attached hydrogens (tertiary/aromatic N) is 1. The van der Waals surface area contributed by atoms with E-state index in [4.69, 9.17) is 4.74 Å². The molecule has 0 aromatic heterocycles. The number of amides is 2. The molecule has 0 saturated carbocycles. The van der Waals surface area contributed by atoms with E-state index in [-0.39, 0.29) is 22.1 Å². The zero-order valence-corrected chi connectivity index (χ0v) is 16.3. The fourth-order valence-electron chi connectivity index (χ4n) is 3.63. The normalized spacial score (nSPS) is 19.8. The molecule has 1 atom stereocenters. The van der Waals surface area contributed by atoms with E-state index in [1.54, 1.807) is 13.8 Å². The Balaban J connectivity index is 1.64. The molecule has 0 bridgehead atoms. The van der Waals surface area contributed by atoms with Gasteiger partial charge in [0.05, 0.1) is 18.2 Å². The van der Waals surface area contributed by atoms with Crippen molar-refractivity contribution in [2.24, 2.45) is 0 Å². The van der Waals surface area contributed by atoms with Crippen molar-refractivity contribution < 1.29 is 22.7 Å². The molecule has 0 fully saturated rings. The lowest BCUT2D eigenvalue weighted by atomic mass is 10.00. The molecular formula is C20H20N2O5S. The van der Waals surface area contributed by atoms with Crippen LogP contribution in [0.5, 0.6) is 5.75 Å². The summed E-state index contributed by atoms with van der Waals surface area (Å²) < 4.78 is 31.9. The Morgan fingerprint density at radius 1 is 1.21 bits per heavy atom. The number of benzene rings is 2. The van der Waals surface area contributed by atoms with Gasteiger partial charge in [-0.15, -0.1) is 0 Å². The highest BCUT2D eigenvalue weighted by Crippen LogP contribution is 2.34. The minimum atomic E-state index is -3.95. The summed E-state index contributed by atoms with van der Waals surface area (Å²) in [5.74, 6) is -0.223. The number of ether oxygens (including phenoxy) is 1. The van der Waals surface area contributed by atoms with Gasteiger partial charge in [0, 0.05) is 23.6 Å². The van der Waals surface area contributed by atoms with Crippen LogP contribution in [0.4, 0.5) is 0 Å². The average molecular weight is 400 g/mol. The van der Waals surface area contributed by atoms with Crippen molar-refractivity contribution >= 4 is 21.8 Å². The molecule has 146 valence electrons. The Morgan fingerprint density at radius 3 is 2.71 bits per heavy atom. The molecule has 2 aromatic rings. The van der Waals surface area contributed by atoms with E-state index in [1.807, 2.05) is 24.3 Å². The molecule has 1 N–H and O–H groups in total. The Hall–Kier alpha value is -2.87. The zero-order chi connectivity index (χ0) is 20.1. The number of carbonyl (C=O) groups is 2.